The van der Waals surface area contributed by atoms with Gasteiger partial charge in [0.1, 0.15) is 10.8 Å². The number of hydrogen-bond acceptors (Lipinski definition) is 9. The van der Waals surface area contributed by atoms with Gasteiger partial charge in [-0.1, -0.05) is 24.4 Å². The van der Waals surface area contributed by atoms with Crippen LogP contribution in [0.2, 0.25) is 5.02 Å². The van der Waals surface area contributed by atoms with Crippen LogP contribution in [0.5, 0.6) is 5.75 Å². The minimum Gasteiger partial charge on any atom is -0.482 e. The number of halogens is 4. The van der Waals surface area contributed by atoms with Crippen molar-refractivity contribution in [3.8, 4) is 5.75 Å². The number of anilines is 4. The van der Waals surface area contributed by atoms with E-state index in [9.17, 15) is 21.6 Å². The summed E-state index contributed by atoms with van der Waals surface area (Å²) in [6.45, 7) is 0.468. The SMILES string of the molecule is CN1CCNCc2cc(OCC(F)(F)F)c(Nc3ncc(Cl)c(N[C@@H]4CCCC[C@H]4NS(C)(=O)=O)n3)cc21. The minimum atomic E-state index is -4.51. The highest BCUT2D eigenvalue weighted by molar-refractivity contribution is 7.88. The molecule has 4 rings (SSSR count). The summed E-state index contributed by atoms with van der Waals surface area (Å²) in [5, 5.41) is 9.67. The lowest BCUT2D eigenvalue weighted by Gasteiger charge is -2.32. The first kappa shape index (κ1) is 28.5. The number of alkyl halides is 3. The molecule has 0 amide bonds. The Balaban J connectivity index is 1.61. The summed E-state index contributed by atoms with van der Waals surface area (Å²) in [6.07, 6.45) is 1.14. The molecule has 38 heavy (non-hydrogen) atoms. The number of nitrogens with one attached hydrogen (secondary N) is 4. The number of fused-ring (bicyclic) bond motifs is 1. The molecular formula is C23H31ClF3N7O3S. The molecule has 2 aliphatic rings. The Morgan fingerprint density at radius 3 is 2.68 bits per heavy atom. The third kappa shape index (κ3) is 7.74. The lowest BCUT2D eigenvalue weighted by molar-refractivity contribution is -0.153. The predicted molar refractivity (Wildman–Crippen MR) is 141 cm³/mol. The maximum absolute atomic E-state index is 13.0. The summed E-state index contributed by atoms with van der Waals surface area (Å²) >= 11 is 6.35. The molecule has 1 aliphatic carbocycles. The molecule has 210 valence electrons. The largest absolute Gasteiger partial charge is 0.482 e. The van der Waals surface area contributed by atoms with Crippen molar-refractivity contribution in [3.05, 3.63) is 28.9 Å². The molecule has 0 radical (unpaired) electrons. The molecule has 1 saturated carbocycles. The average molecular weight is 578 g/mol. The van der Waals surface area contributed by atoms with Crippen molar-refractivity contribution in [3.63, 3.8) is 0 Å². The van der Waals surface area contributed by atoms with Crippen molar-refractivity contribution in [2.45, 2.75) is 50.5 Å². The minimum absolute atomic E-state index is 0.0101. The van der Waals surface area contributed by atoms with Gasteiger partial charge in [-0.25, -0.2) is 18.1 Å². The van der Waals surface area contributed by atoms with E-state index in [1.54, 1.807) is 12.1 Å². The van der Waals surface area contributed by atoms with Crippen molar-refractivity contribution in [1.82, 2.24) is 20.0 Å². The van der Waals surface area contributed by atoms with E-state index in [1.807, 2.05) is 11.9 Å². The van der Waals surface area contributed by atoms with Gasteiger partial charge in [0.15, 0.2) is 12.4 Å². The number of aromatic nitrogens is 2. The van der Waals surface area contributed by atoms with E-state index in [1.165, 1.54) is 6.20 Å². The molecule has 1 aromatic carbocycles. The topological polar surface area (TPSA) is 121 Å². The lowest BCUT2D eigenvalue weighted by Crippen LogP contribution is -2.48. The Hall–Kier alpha value is -2.55. The van der Waals surface area contributed by atoms with Crippen LogP contribution >= 0.6 is 11.6 Å². The number of nitrogens with zero attached hydrogens (tertiary/aromatic N) is 3. The van der Waals surface area contributed by atoms with E-state index in [2.05, 4.69) is 30.6 Å². The number of sulfonamides is 1. The molecule has 2 heterocycles. The standard InChI is InChI=1S/C23H31ClF3N7O3S/c1-34-8-7-28-11-14-9-20(37-13-23(25,26)27)18(10-19(14)34)31-22-29-12-15(24)21(32-22)30-16-5-3-4-6-17(16)33-38(2,35)36/h9-10,12,16-17,28,33H,3-8,11,13H2,1-2H3,(H2,29,30,31,32)/t16-,17-/m1/s1. The summed E-state index contributed by atoms with van der Waals surface area (Å²) < 4.78 is 70.4. The van der Waals surface area contributed by atoms with Crippen molar-refractivity contribution in [1.29, 1.82) is 0 Å². The van der Waals surface area contributed by atoms with Crippen LogP contribution < -0.4 is 30.3 Å². The zero-order valence-corrected chi connectivity index (χ0v) is 22.6. The van der Waals surface area contributed by atoms with Crippen molar-refractivity contribution in [2.24, 2.45) is 0 Å². The maximum Gasteiger partial charge on any atom is 0.422 e. The van der Waals surface area contributed by atoms with Gasteiger partial charge in [0.2, 0.25) is 16.0 Å². The maximum atomic E-state index is 13.0. The first-order valence-electron chi connectivity index (χ1n) is 12.2. The predicted octanol–water partition coefficient (Wildman–Crippen LogP) is 3.63. The van der Waals surface area contributed by atoms with Gasteiger partial charge < -0.3 is 25.6 Å². The molecule has 0 spiro atoms. The summed E-state index contributed by atoms with van der Waals surface area (Å²) in [7, 11) is -1.51. The summed E-state index contributed by atoms with van der Waals surface area (Å²) in [5.41, 5.74) is 1.90. The van der Waals surface area contributed by atoms with Gasteiger partial charge in [-0.3, -0.25) is 0 Å². The Kier molecular flexibility index (Phi) is 8.75. The quantitative estimate of drug-likeness (QED) is 0.373. The molecule has 2 aromatic rings. The molecule has 1 fully saturated rings. The fourth-order valence-corrected chi connectivity index (χ4v) is 5.60. The molecule has 1 aliphatic heterocycles. The first-order chi connectivity index (χ1) is 17.9. The Morgan fingerprint density at radius 1 is 1.24 bits per heavy atom. The fourth-order valence-electron chi connectivity index (χ4n) is 4.62. The van der Waals surface area contributed by atoms with Crippen molar-refractivity contribution in [2.75, 3.05) is 48.5 Å². The van der Waals surface area contributed by atoms with E-state index in [-0.39, 0.29) is 40.3 Å². The van der Waals surface area contributed by atoms with Crippen LogP contribution in [-0.2, 0) is 16.6 Å². The zero-order chi connectivity index (χ0) is 27.5. The highest BCUT2D eigenvalue weighted by atomic mass is 35.5. The first-order valence-corrected chi connectivity index (χ1v) is 14.5. The molecule has 1 aromatic heterocycles. The molecule has 10 nitrogen and oxygen atoms in total. The Labute approximate surface area is 224 Å². The molecule has 0 unspecified atom stereocenters. The van der Waals surface area contributed by atoms with Gasteiger partial charge in [0.05, 0.1) is 18.1 Å². The second-order valence-electron chi connectivity index (χ2n) is 9.53. The summed E-state index contributed by atoms with van der Waals surface area (Å²) in [4.78, 5) is 10.6. The lowest BCUT2D eigenvalue weighted by atomic mass is 9.91. The monoisotopic (exact) mass is 577 g/mol. The van der Waals surface area contributed by atoms with Crippen LogP contribution in [0.15, 0.2) is 18.3 Å². The van der Waals surface area contributed by atoms with Crippen molar-refractivity contribution < 1.29 is 26.3 Å². The van der Waals surface area contributed by atoms with E-state index in [4.69, 9.17) is 16.3 Å². The van der Waals surface area contributed by atoms with Gasteiger partial charge in [0, 0.05) is 44.5 Å². The second kappa shape index (κ2) is 11.7. The van der Waals surface area contributed by atoms with E-state index < -0.39 is 22.8 Å². The van der Waals surface area contributed by atoms with Crippen LogP contribution in [-0.4, -0.2) is 69.6 Å². The molecule has 2 atom stereocenters. The second-order valence-corrected chi connectivity index (χ2v) is 11.7. The molecule has 15 heteroatoms. The van der Waals surface area contributed by atoms with Gasteiger partial charge in [0.25, 0.3) is 0 Å². The number of ether oxygens (including phenoxy) is 1. The number of rotatable bonds is 8. The number of benzene rings is 1. The van der Waals surface area contributed by atoms with Crippen LogP contribution in [0.1, 0.15) is 31.2 Å². The number of likely N-dealkylation sites (N-methyl/N-ethyl adjacent to an activating group) is 1. The summed E-state index contributed by atoms with van der Waals surface area (Å²) in [6, 6.07) is 2.71. The zero-order valence-electron chi connectivity index (χ0n) is 21.0. The van der Waals surface area contributed by atoms with Gasteiger partial charge in [-0.15, -0.1) is 0 Å². The van der Waals surface area contributed by atoms with Crippen LogP contribution in [0.4, 0.5) is 36.3 Å². The van der Waals surface area contributed by atoms with E-state index >= 15 is 0 Å². The molecule has 0 saturated heterocycles. The van der Waals surface area contributed by atoms with E-state index in [0.29, 0.717) is 25.9 Å². The van der Waals surface area contributed by atoms with Crippen molar-refractivity contribution >= 4 is 44.8 Å². The van der Waals surface area contributed by atoms with E-state index in [0.717, 1.165) is 36.9 Å². The van der Waals surface area contributed by atoms with Gasteiger partial charge in [-0.2, -0.15) is 18.2 Å². The smallest absolute Gasteiger partial charge is 0.422 e. The Morgan fingerprint density at radius 2 is 1.97 bits per heavy atom. The molecular weight excluding hydrogens is 547 g/mol. The normalized spacial score (nSPS) is 20.4. The fraction of sp³-hybridized carbons (Fsp3) is 0.565. The number of hydrogen-bond donors (Lipinski definition) is 4. The average Bonchev–Trinajstić information content (AvgIpc) is 3.00. The Bertz CT molecular complexity index is 1250. The molecule has 0 bridgehead atoms. The van der Waals surface area contributed by atoms with Crippen LogP contribution in [0.25, 0.3) is 0 Å². The van der Waals surface area contributed by atoms with Crippen LogP contribution in [0.3, 0.4) is 0 Å². The van der Waals surface area contributed by atoms with Crippen LogP contribution in [0, 0.1) is 0 Å². The molecule has 4 N–H and O–H groups in total. The highest BCUT2D eigenvalue weighted by Gasteiger charge is 2.30. The third-order valence-corrected chi connectivity index (χ3v) is 7.37. The summed E-state index contributed by atoms with van der Waals surface area (Å²) in [5.74, 6) is 0.382. The van der Waals surface area contributed by atoms with Gasteiger partial charge >= 0.3 is 6.18 Å². The van der Waals surface area contributed by atoms with Gasteiger partial charge in [-0.05, 0) is 30.5 Å². The third-order valence-electron chi connectivity index (χ3n) is 6.37. The highest BCUT2D eigenvalue weighted by Crippen LogP contribution is 2.37.